The Balaban J connectivity index is 0.00000120. The molecule has 3 rings (SSSR count). The maximum atomic E-state index is 11.7. The Morgan fingerprint density at radius 3 is 2.06 bits per heavy atom. The van der Waals surface area contributed by atoms with Gasteiger partial charge in [0, 0.05) is 16.5 Å². The molecule has 0 saturated carbocycles. The first-order chi connectivity index (χ1) is 7.87. The van der Waals surface area contributed by atoms with Crippen LogP contribution in [-0.2, 0) is 17.7 Å². The minimum Gasteiger partial charge on any atom is -0.398 e. The highest BCUT2D eigenvalue weighted by atomic mass is 35.5. The zero-order valence-electron chi connectivity index (χ0n) is 8.82. The maximum Gasteiger partial charge on any atom is 0.288 e. The highest BCUT2D eigenvalue weighted by Gasteiger charge is 2.50. The van der Waals surface area contributed by atoms with Crippen molar-refractivity contribution in [2.75, 3.05) is 5.73 Å². The molecule has 0 atom stereocenters. The topological polar surface area (TPSA) is 94.3 Å². The van der Waals surface area contributed by atoms with Crippen molar-refractivity contribution in [2.45, 2.75) is 9.79 Å². The Morgan fingerprint density at radius 2 is 1.44 bits per heavy atom. The molecule has 0 unspecified atom stereocenters. The van der Waals surface area contributed by atoms with Gasteiger partial charge in [0.1, 0.15) is 9.79 Å². The first-order valence-corrected chi connectivity index (χ1v) is 8.17. The minimum atomic E-state index is -4.25. The van der Waals surface area contributed by atoms with Crippen LogP contribution in [0.1, 0.15) is 0 Å². The third-order valence-corrected chi connectivity index (χ3v) is 8.08. The van der Waals surface area contributed by atoms with Crippen LogP contribution in [0.5, 0.6) is 0 Å². The van der Waals surface area contributed by atoms with Crippen molar-refractivity contribution in [2.24, 2.45) is 0 Å². The first kappa shape index (κ1) is 13.1. The fraction of sp³-hybridized carbons (Fsp3) is 0. The number of anilines is 1. The highest BCUT2D eigenvalue weighted by molar-refractivity contribution is 8.69. The number of rotatable bonds is 0. The molecule has 5 nitrogen and oxygen atoms in total. The van der Waals surface area contributed by atoms with E-state index in [4.69, 9.17) is 5.73 Å². The zero-order chi connectivity index (χ0) is 12.4. The fourth-order valence-corrected chi connectivity index (χ4v) is 6.19. The largest absolute Gasteiger partial charge is 0.398 e. The Kier molecular flexibility index (Phi) is 2.62. The summed E-state index contributed by atoms with van der Waals surface area (Å²) in [6.45, 7) is 0. The molecule has 0 fully saturated rings. The van der Waals surface area contributed by atoms with Crippen LogP contribution >= 0.6 is 12.4 Å². The number of nitrogens with two attached hydrogens (primary N) is 1. The Hall–Kier alpha value is -1.31. The molecule has 0 spiro atoms. The van der Waals surface area contributed by atoms with E-state index in [0.29, 0.717) is 10.8 Å². The predicted octanol–water partition coefficient (Wildman–Crippen LogP) is 1.32. The third kappa shape index (κ3) is 1.26. The molecule has 1 aliphatic rings. The number of halogens is 1. The lowest BCUT2D eigenvalue weighted by atomic mass is 10.1. The fourth-order valence-electron chi connectivity index (χ4n) is 1.99. The molecule has 96 valence electrons. The van der Waals surface area contributed by atoms with Gasteiger partial charge in [-0.1, -0.05) is 24.3 Å². The van der Waals surface area contributed by atoms with Crippen molar-refractivity contribution in [3.05, 3.63) is 30.3 Å². The molecule has 0 aliphatic carbocycles. The molecular formula is C10H8ClNO4S2. The molecule has 1 heterocycles. The molecule has 2 aromatic rings. The lowest BCUT2D eigenvalue weighted by molar-refractivity contribution is 0.571. The van der Waals surface area contributed by atoms with Gasteiger partial charge >= 0.3 is 0 Å². The van der Waals surface area contributed by atoms with E-state index in [1.165, 1.54) is 6.07 Å². The third-order valence-electron chi connectivity index (χ3n) is 2.80. The standard InChI is InChI=1S/C10H7NO4S2.ClH/c11-8-5-9-10(17(14,15)16(9,12)13)7-4-2-1-3-6(7)8;/h1-5H,11H2;1H. The summed E-state index contributed by atoms with van der Waals surface area (Å²) in [7, 11) is -8.49. The number of hydrogen-bond donors (Lipinski definition) is 1. The molecule has 8 heteroatoms. The van der Waals surface area contributed by atoms with E-state index < -0.39 is 17.7 Å². The summed E-state index contributed by atoms with van der Waals surface area (Å²) >= 11 is 0. The molecule has 0 bridgehead atoms. The Bertz CT molecular complexity index is 872. The molecular weight excluding hydrogens is 298 g/mol. The van der Waals surface area contributed by atoms with Crippen molar-refractivity contribution in [1.82, 2.24) is 0 Å². The average molecular weight is 306 g/mol. The van der Waals surface area contributed by atoms with E-state index in [1.54, 1.807) is 24.3 Å². The second-order valence-electron chi connectivity index (χ2n) is 3.75. The molecule has 1 aliphatic heterocycles. The molecule has 0 aromatic heterocycles. The van der Waals surface area contributed by atoms with Crippen LogP contribution < -0.4 is 5.73 Å². The number of nitrogen functional groups attached to an aromatic ring is 1. The lowest BCUT2D eigenvalue weighted by Gasteiger charge is -2.22. The van der Waals surface area contributed by atoms with Crippen molar-refractivity contribution < 1.29 is 16.8 Å². The first-order valence-electron chi connectivity index (χ1n) is 4.68. The molecule has 2 aromatic carbocycles. The quantitative estimate of drug-likeness (QED) is 0.585. The van der Waals surface area contributed by atoms with E-state index in [-0.39, 0.29) is 27.9 Å². The van der Waals surface area contributed by atoms with Crippen LogP contribution in [0.2, 0.25) is 0 Å². The SMILES string of the molecule is Cl.Nc1cc2c(c3ccccc13)S(=O)(=O)S2(=O)=O. The van der Waals surface area contributed by atoms with Crippen LogP contribution in [0.25, 0.3) is 10.8 Å². The van der Waals surface area contributed by atoms with Gasteiger partial charge in [-0.2, -0.15) is 0 Å². The number of fused-ring (bicyclic) bond motifs is 3. The molecule has 18 heavy (non-hydrogen) atoms. The summed E-state index contributed by atoms with van der Waals surface area (Å²) in [5.74, 6) is 0. The average Bonchev–Trinajstić information content (AvgIpc) is 2.28. The summed E-state index contributed by atoms with van der Waals surface area (Å²) in [5.41, 5.74) is 5.97. The Labute approximate surface area is 109 Å². The van der Waals surface area contributed by atoms with Crippen LogP contribution in [0.4, 0.5) is 5.69 Å². The normalized spacial score (nSPS) is 18.4. The van der Waals surface area contributed by atoms with Gasteiger partial charge in [-0.05, 0) is 6.07 Å². The number of benzene rings is 2. The van der Waals surface area contributed by atoms with Gasteiger partial charge in [-0.25, -0.2) is 16.8 Å². The minimum absolute atomic E-state index is 0. The van der Waals surface area contributed by atoms with Crippen molar-refractivity contribution >= 4 is 46.6 Å². The summed E-state index contributed by atoms with van der Waals surface area (Å²) in [5, 5.41) is 0.905. The van der Waals surface area contributed by atoms with Gasteiger partial charge in [0.2, 0.25) is 0 Å². The van der Waals surface area contributed by atoms with Gasteiger partial charge < -0.3 is 5.73 Å². The second-order valence-corrected chi connectivity index (χ2v) is 9.04. The highest BCUT2D eigenvalue weighted by Crippen LogP contribution is 2.45. The smallest absolute Gasteiger partial charge is 0.288 e. The van der Waals surface area contributed by atoms with Crippen molar-refractivity contribution in [3.63, 3.8) is 0 Å². The molecule has 2 N–H and O–H groups in total. The van der Waals surface area contributed by atoms with Crippen LogP contribution in [0.15, 0.2) is 40.1 Å². The van der Waals surface area contributed by atoms with Gasteiger partial charge in [0.15, 0.2) is 0 Å². The zero-order valence-corrected chi connectivity index (χ0v) is 11.3. The molecule has 0 amide bonds. The van der Waals surface area contributed by atoms with E-state index in [1.807, 2.05) is 0 Å². The lowest BCUT2D eigenvalue weighted by Crippen LogP contribution is -2.29. The van der Waals surface area contributed by atoms with Crippen LogP contribution in [0.3, 0.4) is 0 Å². The van der Waals surface area contributed by atoms with E-state index in [9.17, 15) is 16.8 Å². The second kappa shape index (κ2) is 3.59. The van der Waals surface area contributed by atoms with Gasteiger partial charge in [0.25, 0.3) is 17.7 Å². The predicted molar refractivity (Wildman–Crippen MR) is 70.0 cm³/mol. The summed E-state index contributed by atoms with van der Waals surface area (Å²) in [6.07, 6.45) is 0. The maximum absolute atomic E-state index is 11.7. The summed E-state index contributed by atoms with van der Waals surface area (Å²) < 4.78 is 46.3. The van der Waals surface area contributed by atoms with E-state index in [2.05, 4.69) is 0 Å². The monoisotopic (exact) mass is 305 g/mol. The Morgan fingerprint density at radius 1 is 0.889 bits per heavy atom. The molecule has 0 saturated heterocycles. The van der Waals surface area contributed by atoms with Crippen LogP contribution in [0, 0.1) is 0 Å². The number of hydrogen-bond acceptors (Lipinski definition) is 5. The van der Waals surface area contributed by atoms with Crippen molar-refractivity contribution in [3.8, 4) is 0 Å². The van der Waals surface area contributed by atoms with E-state index >= 15 is 0 Å². The van der Waals surface area contributed by atoms with Gasteiger partial charge in [-0.3, -0.25) is 0 Å². The summed E-state index contributed by atoms with van der Waals surface area (Å²) in [4.78, 5) is -0.337. The molecule has 0 radical (unpaired) electrons. The van der Waals surface area contributed by atoms with E-state index in [0.717, 1.165) is 0 Å². The van der Waals surface area contributed by atoms with Crippen molar-refractivity contribution in [1.29, 1.82) is 0 Å². The van der Waals surface area contributed by atoms with Gasteiger partial charge in [-0.15, -0.1) is 12.4 Å². The van der Waals surface area contributed by atoms with Gasteiger partial charge in [0.05, 0.1) is 0 Å². The van der Waals surface area contributed by atoms with Crippen LogP contribution in [-0.4, -0.2) is 16.8 Å². The summed E-state index contributed by atoms with van der Waals surface area (Å²) in [6, 6.07) is 7.77.